The highest BCUT2D eigenvalue weighted by Gasteiger charge is 2.09. The summed E-state index contributed by atoms with van der Waals surface area (Å²) in [7, 11) is 1.78. The van der Waals surface area contributed by atoms with E-state index >= 15 is 0 Å². The Morgan fingerprint density at radius 1 is 1.33 bits per heavy atom. The van der Waals surface area contributed by atoms with Crippen molar-refractivity contribution in [1.82, 2.24) is 9.78 Å². The molecule has 1 aromatic carbocycles. The molecule has 94 valence electrons. The van der Waals surface area contributed by atoms with Crippen LogP contribution in [0.2, 0.25) is 0 Å². The predicted molar refractivity (Wildman–Crippen MR) is 67.4 cm³/mol. The second-order valence-corrected chi connectivity index (χ2v) is 3.70. The van der Waals surface area contributed by atoms with Gasteiger partial charge in [0.05, 0.1) is 22.5 Å². The fraction of sp³-hybridized carbons (Fsp3) is 0.100. The van der Waals surface area contributed by atoms with Gasteiger partial charge in [-0.1, -0.05) is 0 Å². The van der Waals surface area contributed by atoms with Crippen LogP contribution in [0.1, 0.15) is 0 Å². The van der Waals surface area contributed by atoms with Crippen molar-refractivity contribution in [3.8, 4) is 0 Å². The van der Waals surface area contributed by atoms with Crippen molar-refractivity contribution in [1.29, 1.82) is 0 Å². The minimum atomic E-state index is -0.477. The van der Waals surface area contributed by atoms with Crippen LogP contribution in [0, 0.1) is 10.1 Å². The van der Waals surface area contributed by atoms with Gasteiger partial charge in [0.15, 0.2) is 0 Å². The minimum absolute atomic E-state index is 0.0446. The molecule has 0 aliphatic heterocycles. The van der Waals surface area contributed by atoms with Crippen molar-refractivity contribution in [2.45, 2.75) is 0 Å². The Morgan fingerprint density at radius 2 is 2.06 bits per heavy atom. The lowest BCUT2D eigenvalue weighted by Gasteiger charge is -2.06. The molecule has 0 spiro atoms. The molecular formula is C10H12N6O2. The zero-order valence-corrected chi connectivity index (χ0v) is 9.62. The summed E-state index contributed by atoms with van der Waals surface area (Å²) < 4.78 is 1.63. The molecule has 1 aromatic heterocycles. The highest BCUT2D eigenvalue weighted by Crippen LogP contribution is 2.26. The van der Waals surface area contributed by atoms with E-state index in [0.717, 1.165) is 5.69 Å². The van der Waals surface area contributed by atoms with Gasteiger partial charge in [-0.15, -0.1) is 0 Å². The summed E-state index contributed by atoms with van der Waals surface area (Å²) in [5.41, 5.74) is 4.10. The monoisotopic (exact) mass is 248 g/mol. The van der Waals surface area contributed by atoms with E-state index in [1.165, 1.54) is 12.1 Å². The maximum atomic E-state index is 10.8. The lowest BCUT2D eigenvalue weighted by atomic mass is 10.2. The molecule has 0 bridgehead atoms. The van der Waals surface area contributed by atoms with Gasteiger partial charge >= 0.3 is 0 Å². The Balaban J connectivity index is 2.32. The van der Waals surface area contributed by atoms with Crippen LogP contribution >= 0.6 is 0 Å². The highest BCUT2D eigenvalue weighted by atomic mass is 16.6. The molecule has 0 amide bonds. The molecule has 8 nitrogen and oxygen atoms in total. The minimum Gasteiger partial charge on any atom is -0.353 e. The summed E-state index contributed by atoms with van der Waals surface area (Å²) in [5, 5.41) is 17.8. The van der Waals surface area contributed by atoms with Crippen LogP contribution in [0.25, 0.3) is 0 Å². The molecule has 8 heteroatoms. The van der Waals surface area contributed by atoms with Crippen molar-refractivity contribution in [2.75, 3.05) is 10.7 Å². The Morgan fingerprint density at radius 3 is 2.61 bits per heavy atom. The van der Waals surface area contributed by atoms with Gasteiger partial charge in [-0.2, -0.15) is 5.10 Å². The molecule has 0 unspecified atom stereocenters. The first-order valence-corrected chi connectivity index (χ1v) is 5.10. The maximum Gasteiger partial charge on any atom is 0.273 e. The van der Waals surface area contributed by atoms with E-state index in [4.69, 9.17) is 5.84 Å². The van der Waals surface area contributed by atoms with Crippen LogP contribution in [-0.4, -0.2) is 14.7 Å². The third-order valence-corrected chi connectivity index (χ3v) is 2.29. The van der Waals surface area contributed by atoms with E-state index in [9.17, 15) is 10.1 Å². The molecule has 0 saturated heterocycles. The van der Waals surface area contributed by atoms with Crippen molar-refractivity contribution in [3.05, 3.63) is 40.7 Å². The van der Waals surface area contributed by atoms with E-state index < -0.39 is 4.92 Å². The molecule has 2 aromatic rings. The number of rotatable bonds is 4. The number of nitro groups is 1. The number of benzene rings is 1. The van der Waals surface area contributed by atoms with Crippen molar-refractivity contribution in [2.24, 2.45) is 12.9 Å². The predicted octanol–water partition coefficient (Wildman–Crippen LogP) is 1.36. The Kier molecular flexibility index (Phi) is 3.11. The van der Waals surface area contributed by atoms with Crippen molar-refractivity contribution < 1.29 is 4.92 Å². The van der Waals surface area contributed by atoms with Crippen LogP contribution < -0.4 is 16.6 Å². The van der Waals surface area contributed by atoms with Gasteiger partial charge in [0.25, 0.3) is 5.69 Å². The van der Waals surface area contributed by atoms with Crippen molar-refractivity contribution >= 4 is 22.7 Å². The second-order valence-electron chi connectivity index (χ2n) is 3.70. The normalized spacial score (nSPS) is 10.1. The van der Waals surface area contributed by atoms with Gasteiger partial charge in [0, 0.05) is 31.1 Å². The number of hydrazine groups is 1. The van der Waals surface area contributed by atoms with E-state index in [1.807, 2.05) is 0 Å². The van der Waals surface area contributed by atoms with Crippen LogP contribution in [-0.2, 0) is 7.05 Å². The summed E-state index contributed by atoms with van der Waals surface area (Å²) in [4.78, 5) is 10.3. The zero-order valence-electron chi connectivity index (χ0n) is 9.62. The highest BCUT2D eigenvalue weighted by molar-refractivity contribution is 5.67. The summed E-state index contributed by atoms with van der Waals surface area (Å²) in [6.45, 7) is 0. The number of nitro benzene ring substituents is 1. The van der Waals surface area contributed by atoms with Crippen LogP contribution in [0.4, 0.5) is 22.7 Å². The van der Waals surface area contributed by atoms with E-state index in [0.29, 0.717) is 11.4 Å². The number of aromatic nitrogens is 2. The molecule has 1 heterocycles. The average molecular weight is 248 g/mol. The number of hydrogen-bond acceptors (Lipinski definition) is 6. The van der Waals surface area contributed by atoms with E-state index in [-0.39, 0.29) is 5.69 Å². The van der Waals surface area contributed by atoms with Gasteiger partial charge in [-0.3, -0.25) is 20.6 Å². The number of anilines is 3. The van der Waals surface area contributed by atoms with Crippen molar-refractivity contribution in [3.63, 3.8) is 0 Å². The van der Waals surface area contributed by atoms with E-state index in [2.05, 4.69) is 15.8 Å². The quantitative estimate of drug-likeness (QED) is 0.428. The molecule has 0 fully saturated rings. The Labute approximate surface area is 103 Å². The van der Waals surface area contributed by atoms with Gasteiger partial charge < -0.3 is 10.7 Å². The number of nitrogens with zero attached hydrogens (tertiary/aromatic N) is 3. The summed E-state index contributed by atoms with van der Waals surface area (Å²) in [5.74, 6) is 5.27. The van der Waals surface area contributed by atoms with Gasteiger partial charge in [-0.25, -0.2) is 0 Å². The standard InChI is InChI=1S/C10H12N6O2/c1-15-6-9(5-12-15)13-7-2-8(14-11)4-10(3-7)16(17)18/h2-6,13-14H,11H2,1H3. The molecule has 18 heavy (non-hydrogen) atoms. The fourth-order valence-electron chi connectivity index (χ4n) is 1.52. The molecule has 2 rings (SSSR count). The summed E-state index contributed by atoms with van der Waals surface area (Å²) in [6.07, 6.45) is 3.38. The lowest BCUT2D eigenvalue weighted by molar-refractivity contribution is -0.384. The number of nitrogens with one attached hydrogen (secondary N) is 2. The van der Waals surface area contributed by atoms with Crippen LogP contribution in [0.5, 0.6) is 0 Å². The molecule has 0 saturated carbocycles. The molecule has 0 radical (unpaired) electrons. The third kappa shape index (κ3) is 2.55. The first-order chi connectivity index (χ1) is 8.58. The Bertz CT molecular complexity index is 579. The number of nitrogens with two attached hydrogens (primary N) is 1. The number of non-ortho nitro benzene ring substituents is 1. The summed E-state index contributed by atoms with van der Waals surface area (Å²) in [6, 6.07) is 4.45. The van der Waals surface area contributed by atoms with Crippen LogP contribution in [0.15, 0.2) is 30.6 Å². The van der Waals surface area contributed by atoms with Gasteiger partial charge in [0.2, 0.25) is 0 Å². The smallest absolute Gasteiger partial charge is 0.273 e. The maximum absolute atomic E-state index is 10.8. The molecular weight excluding hydrogens is 236 g/mol. The number of aryl methyl sites for hydroxylation is 1. The third-order valence-electron chi connectivity index (χ3n) is 2.29. The zero-order chi connectivity index (χ0) is 13.1. The fourth-order valence-corrected chi connectivity index (χ4v) is 1.52. The number of hydrogen-bond donors (Lipinski definition) is 3. The molecule has 0 aliphatic carbocycles. The molecule has 4 N–H and O–H groups in total. The largest absolute Gasteiger partial charge is 0.353 e. The van der Waals surface area contributed by atoms with Crippen LogP contribution in [0.3, 0.4) is 0 Å². The van der Waals surface area contributed by atoms with Gasteiger partial charge in [0.1, 0.15) is 0 Å². The van der Waals surface area contributed by atoms with E-state index in [1.54, 1.807) is 30.2 Å². The number of nitrogen functional groups attached to an aromatic ring is 1. The second kappa shape index (κ2) is 4.72. The average Bonchev–Trinajstić information content (AvgIpc) is 2.74. The SMILES string of the molecule is Cn1cc(Nc2cc(NN)cc([N+](=O)[O-])c2)cn1. The molecule has 0 aliphatic rings. The topological polar surface area (TPSA) is 111 Å². The summed E-state index contributed by atoms with van der Waals surface area (Å²) >= 11 is 0. The van der Waals surface area contributed by atoms with Gasteiger partial charge in [-0.05, 0) is 6.07 Å². The first kappa shape index (κ1) is 11.9. The Hall–Kier alpha value is -2.61. The molecule has 0 atom stereocenters. The first-order valence-electron chi connectivity index (χ1n) is 5.10. The lowest BCUT2D eigenvalue weighted by Crippen LogP contribution is -2.07.